The fourth-order valence-corrected chi connectivity index (χ4v) is 3.68. The number of aryl methyl sites for hydroxylation is 1. The molecule has 0 amide bonds. The van der Waals surface area contributed by atoms with Crippen LogP contribution in [-0.2, 0) is 13.1 Å². The summed E-state index contributed by atoms with van der Waals surface area (Å²) in [6.45, 7) is 3.93. The van der Waals surface area contributed by atoms with E-state index in [1.165, 1.54) is 15.1 Å². The summed E-state index contributed by atoms with van der Waals surface area (Å²) in [5.74, 6) is 0. The van der Waals surface area contributed by atoms with Gasteiger partial charge in [-0.05, 0) is 36.1 Å². The van der Waals surface area contributed by atoms with Crippen LogP contribution in [0, 0.1) is 6.92 Å². The van der Waals surface area contributed by atoms with Crippen molar-refractivity contribution in [3.05, 3.63) is 51.2 Å². The van der Waals surface area contributed by atoms with Crippen LogP contribution in [-0.4, -0.2) is 4.98 Å². The van der Waals surface area contributed by atoms with Crippen molar-refractivity contribution in [2.24, 2.45) is 0 Å². The van der Waals surface area contributed by atoms with Gasteiger partial charge in [-0.25, -0.2) is 4.98 Å². The number of nitrogens with zero attached hydrogens (tertiary/aromatic N) is 1. The van der Waals surface area contributed by atoms with E-state index in [9.17, 15) is 0 Å². The van der Waals surface area contributed by atoms with E-state index >= 15 is 0 Å². The Labute approximate surface area is 114 Å². The topological polar surface area (TPSA) is 24.9 Å². The molecule has 3 aromatic rings. The molecule has 1 aromatic carbocycles. The molecule has 4 heteroatoms. The van der Waals surface area contributed by atoms with Crippen molar-refractivity contribution in [2.75, 3.05) is 0 Å². The lowest BCUT2D eigenvalue weighted by atomic mass is 10.3. The first-order chi connectivity index (χ1) is 8.83. The molecule has 3 rings (SSSR count). The van der Waals surface area contributed by atoms with Gasteiger partial charge in [-0.2, -0.15) is 0 Å². The van der Waals surface area contributed by atoms with E-state index < -0.39 is 0 Å². The maximum absolute atomic E-state index is 4.61. The fourth-order valence-electron chi connectivity index (χ4n) is 1.86. The second-order valence-electron chi connectivity index (χ2n) is 4.21. The van der Waals surface area contributed by atoms with E-state index in [4.69, 9.17) is 0 Å². The van der Waals surface area contributed by atoms with Crippen molar-refractivity contribution in [1.29, 1.82) is 0 Å². The predicted molar refractivity (Wildman–Crippen MR) is 79.2 cm³/mol. The molecule has 2 aromatic heterocycles. The Kier molecular flexibility index (Phi) is 3.41. The molecule has 0 radical (unpaired) electrons. The predicted octanol–water partition coefficient (Wildman–Crippen LogP) is 3.96. The van der Waals surface area contributed by atoms with E-state index in [-0.39, 0.29) is 0 Å². The minimum atomic E-state index is 0.844. The molecule has 1 N–H and O–H groups in total. The van der Waals surface area contributed by atoms with Crippen molar-refractivity contribution < 1.29 is 0 Å². The molecule has 0 bridgehead atoms. The van der Waals surface area contributed by atoms with Crippen LogP contribution in [0.15, 0.2) is 35.7 Å². The zero-order valence-corrected chi connectivity index (χ0v) is 11.8. The van der Waals surface area contributed by atoms with Crippen LogP contribution in [0.3, 0.4) is 0 Å². The van der Waals surface area contributed by atoms with Crippen molar-refractivity contribution in [3.8, 4) is 0 Å². The minimum absolute atomic E-state index is 0.844. The first-order valence-electron chi connectivity index (χ1n) is 5.91. The molecule has 2 heterocycles. The van der Waals surface area contributed by atoms with E-state index in [1.54, 1.807) is 11.3 Å². The Morgan fingerprint density at radius 3 is 2.83 bits per heavy atom. The van der Waals surface area contributed by atoms with Gasteiger partial charge < -0.3 is 5.32 Å². The number of aromatic nitrogens is 1. The number of rotatable bonds is 4. The van der Waals surface area contributed by atoms with Crippen LogP contribution in [0.25, 0.3) is 10.2 Å². The number of thiazole rings is 1. The van der Waals surface area contributed by atoms with Crippen LogP contribution in [0.4, 0.5) is 0 Å². The van der Waals surface area contributed by atoms with Crippen LogP contribution in [0.5, 0.6) is 0 Å². The molecule has 0 aliphatic heterocycles. The average molecular weight is 274 g/mol. The largest absolute Gasteiger partial charge is 0.306 e. The molecule has 0 spiro atoms. The van der Waals surface area contributed by atoms with Crippen LogP contribution >= 0.6 is 22.7 Å². The highest BCUT2D eigenvalue weighted by molar-refractivity contribution is 7.18. The number of hydrogen-bond donors (Lipinski definition) is 1. The third-order valence-electron chi connectivity index (χ3n) is 2.87. The van der Waals surface area contributed by atoms with Crippen LogP contribution in [0.1, 0.15) is 15.4 Å². The molecule has 18 heavy (non-hydrogen) atoms. The van der Waals surface area contributed by atoms with Gasteiger partial charge in [-0.15, -0.1) is 22.7 Å². The second-order valence-corrected chi connectivity index (χ2v) is 6.32. The number of nitrogens with one attached hydrogen (secondary N) is 1. The Balaban J connectivity index is 1.65. The summed E-state index contributed by atoms with van der Waals surface area (Å²) in [7, 11) is 0. The lowest BCUT2D eigenvalue weighted by Crippen LogP contribution is -2.12. The van der Waals surface area contributed by atoms with E-state index in [0.29, 0.717) is 0 Å². The SMILES string of the molecule is Cc1ccsc1CNCc1nc2ccccc2s1. The summed E-state index contributed by atoms with van der Waals surface area (Å²) in [4.78, 5) is 6.03. The van der Waals surface area contributed by atoms with Crippen molar-refractivity contribution in [1.82, 2.24) is 10.3 Å². The van der Waals surface area contributed by atoms with Gasteiger partial charge in [0, 0.05) is 18.0 Å². The highest BCUT2D eigenvalue weighted by Gasteiger charge is 2.03. The van der Waals surface area contributed by atoms with Crippen LogP contribution < -0.4 is 5.32 Å². The first-order valence-corrected chi connectivity index (χ1v) is 7.61. The summed E-state index contributed by atoms with van der Waals surface area (Å²) in [6, 6.07) is 10.5. The number of thiophene rings is 1. The lowest BCUT2D eigenvalue weighted by Gasteiger charge is -2.01. The monoisotopic (exact) mass is 274 g/mol. The third-order valence-corrected chi connectivity index (χ3v) is 4.93. The van der Waals surface area contributed by atoms with Gasteiger partial charge in [-0.3, -0.25) is 0 Å². The molecule has 0 aliphatic carbocycles. The smallest absolute Gasteiger partial charge is 0.108 e. The van der Waals surface area contributed by atoms with Crippen molar-refractivity contribution in [2.45, 2.75) is 20.0 Å². The number of hydrogen-bond acceptors (Lipinski definition) is 4. The van der Waals surface area contributed by atoms with E-state index in [1.807, 2.05) is 17.4 Å². The van der Waals surface area contributed by atoms with Gasteiger partial charge in [0.05, 0.1) is 10.2 Å². The molecule has 2 nitrogen and oxygen atoms in total. The number of fused-ring (bicyclic) bond motifs is 1. The Morgan fingerprint density at radius 2 is 2.06 bits per heavy atom. The minimum Gasteiger partial charge on any atom is -0.306 e. The standard InChI is InChI=1S/C14H14N2S2/c1-10-6-7-17-13(10)8-15-9-14-16-11-4-2-3-5-12(11)18-14/h2-7,15H,8-9H2,1H3. The molecule has 0 atom stereocenters. The zero-order valence-electron chi connectivity index (χ0n) is 10.1. The van der Waals surface area contributed by atoms with Gasteiger partial charge in [0.25, 0.3) is 0 Å². The summed E-state index contributed by atoms with van der Waals surface area (Å²) in [5, 5.41) is 6.76. The number of benzene rings is 1. The Morgan fingerprint density at radius 1 is 1.17 bits per heavy atom. The molecule has 92 valence electrons. The molecule has 0 saturated carbocycles. The van der Waals surface area contributed by atoms with Gasteiger partial charge in [0.2, 0.25) is 0 Å². The second kappa shape index (κ2) is 5.18. The molecule has 0 unspecified atom stereocenters. The van der Waals surface area contributed by atoms with E-state index in [0.717, 1.165) is 23.6 Å². The maximum Gasteiger partial charge on any atom is 0.108 e. The maximum atomic E-state index is 4.61. The van der Waals surface area contributed by atoms with Crippen molar-refractivity contribution in [3.63, 3.8) is 0 Å². The summed E-state index contributed by atoms with van der Waals surface area (Å²) < 4.78 is 1.27. The molecule has 0 aliphatic rings. The van der Waals surface area contributed by atoms with Gasteiger partial charge in [-0.1, -0.05) is 12.1 Å². The summed E-state index contributed by atoms with van der Waals surface area (Å²) >= 11 is 3.58. The summed E-state index contributed by atoms with van der Waals surface area (Å²) in [6.07, 6.45) is 0. The quantitative estimate of drug-likeness (QED) is 0.779. The highest BCUT2D eigenvalue weighted by atomic mass is 32.1. The molecule has 0 fully saturated rings. The fraction of sp³-hybridized carbons (Fsp3) is 0.214. The number of para-hydroxylation sites is 1. The molecular formula is C14H14N2S2. The van der Waals surface area contributed by atoms with Crippen LogP contribution in [0.2, 0.25) is 0 Å². The highest BCUT2D eigenvalue weighted by Crippen LogP contribution is 2.21. The molecular weight excluding hydrogens is 260 g/mol. The van der Waals surface area contributed by atoms with Crippen molar-refractivity contribution >= 4 is 32.9 Å². The Hall–Kier alpha value is -1.23. The lowest BCUT2D eigenvalue weighted by molar-refractivity contribution is 0.696. The average Bonchev–Trinajstić information content (AvgIpc) is 2.96. The normalized spacial score (nSPS) is 11.2. The van der Waals surface area contributed by atoms with Gasteiger partial charge in [0.1, 0.15) is 5.01 Å². The van der Waals surface area contributed by atoms with Gasteiger partial charge in [0.15, 0.2) is 0 Å². The van der Waals surface area contributed by atoms with E-state index in [2.05, 4.69) is 46.9 Å². The van der Waals surface area contributed by atoms with Gasteiger partial charge >= 0.3 is 0 Å². The summed E-state index contributed by atoms with van der Waals surface area (Å²) in [5.41, 5.74) is 2.48. The molecule has 0 saturated heterocycles. The first kappa shape index (κ1) is 11.8. The third kappa shape index (κ3) is 2.46. The zero-order chi connectivity index (χ0) is 12.4. The Bertz CT molecular complexity index is 621.